The van der Waals surface area contributed by atoms with Crippen LogP contribution in [-0.4, -0.2) is 48.2 Å². The fourth-order valence-corrected chi connectivity index (χ4v) is 4.41. The van der Waals surface area contributed by atoms with E-state index in [2.05, 4.69) is 10.3 Å². The largest absolute Gasteiger partial charge is 0.495 e. The van der Waals surface area contributed by atoms with E-state index in [1.165, 1.54) is 0 Å². The first kappa shape index (κ1) is 21.5. The van der Waals surface area contributed by atoms with Crippen LogP contribution in [0.1, 0.15) is 18.4 Å². The number of aromatic amines is 1. The van der Waals surface area contributed by atoms with Crippen LogP contribution in [0, 0.1) is 0 Å². The number of ether oxygens (including phenoxy) is 4. The van der Waals surface area contributed by atoms with E-state index in [4.69, 9.17) is 31.2 Å². The van der Waals surface area contributed by atoms with E-state index in [1.54, 1.807) is 13.2 Å². The molecule has 0 spiro atoms. The molecule has 172 valence electrons. The second-order valence-corrected chi connectivity index (χ2v) is 8.45. The number of pyridine rings is 1. The van der Waals surface area contributed by atoms with Crippen LogP contribution in [-0.2, 0) is 11.3 Å². The molecule has 3 aromatic rings. The molecule has 2 aromatic carbocycles. The molecule has 33 heavy (non-hydrogen) atoms. The van der Waals surface area contributed by atoms with Gasteiger partial charge in [-0.05, 0) is 49.3 Å². The van der Waals surface area contributed by atoms with Crippen LogP contribution in [0.2, 0.25) is 0 Å². The van der Waals surface area contributed by atoms with E-state index in [-0.39, 0.29) is 18.5 Å². The summed E-state index contributed by atoms with van der Waals surface area (Å²) in [6.07, 6.45) is 2.05. The summed E-state index contributed by atoms with van der Waals surface area (Å²) >= 11 is 5.76. The Morgan fingerprint density at radius 3 is 2.85 bits per heavy atom. The summed E-state index contributed by atoms with van der Waals surface area (Å²) in [5, 5.41) is 4.64. The first-order valence-corrected chi connectivity index (χ1v) is 11.3. The number of aromatic nitrogens is 1. The maximum absolute atomic E-state index is 12.9. The minimum atomic E-state index is -0.168. The molecular weight excluding hydrogens is 442 g/mol. The zero-order valence-corrected chi connectivity index (χ0v) is 19.1. The summed E-state index contributed by atoms with van der Waals surface area (Å²) in [5.41, 5.74) is 1.90. The smallest absolute Gasteiger partial charge is 0.253 e. The lowest BCUT2D eigenvalue weighted by Gasteiger charge is -2.28. The monoisotopic (exact) mass is 467 g/mol. The number of anilines is 1. The highest BCUT2D eigenvalue weighted by Crippen LogP contribution is 2.35. The molecule has 1 saturated heterocycles. The number of thiocarbonyl (C=S) groups is 1. The number of para-hydroxylation sites is 2. The lowest BCUT2D eigenvalue weighted by molar-refractivity contribution is 0.0904. The first-order valence-electron chi connectivity index (χ1n) is 10.9. The van der Waals surface area contributed by atoms with Crippen molar-refractivity contribution in [3.05, 3.63) is 58.4 Å². The van der Waals surface area contributed by atoms with Crippen LogP contribution < -0.4 is 25.1 Å². The number of hydrogen-bond acceptors (Lipinski definition) is 6. The van der Waals surface area contributed by atoms with E-state index in [0.29, 0.717) is 46.5 Å². The van der Waals surface area contributed by atoms with Gasteiger partial charge in [0.05, 0.1) is 31.0 Å². The summed E-state index contributed by atoms with van der Waals surface area (Å²) in [6, 6.07) is 13.1. The maximum atomic E-state index is 12.9. The van der Waals surface area contributed by atoms with Crippen molar-refractivity contribution in [1.82, 2.24) is 9.88 Å². The van der Waals surface area contributed by atoms with Gasteiger partial charge >= 0.3 is 0 Å². The Morgan fingerprint density at radius 2 is 2.06 bits per heavy atom. The molecule has 0 bridgehead atoms. The number of methoxy groups -OCH3 is 1. The van der Waals surface area contributed by atoms with Gasteiger partial charge in [-0.3, -0.25) is 4.79 Å². The van der Waals surface area contributed by atoms with Crippen molar-refractivity contribution in [3.8, 4) is 17.2 Å². The van der Waals surface area contributed by atoms with Gasteiger partial charge < -0.3 is 34.1 Å². The summed E-state index contributed by atoms with van der Waals surface area (Å²) in [5.74, 6) is 2.00. The van der Waals surface area contributed by atoms with Crippen molar-refractivity contribution in [2.24, 2.45) is 0 Å². The van der Waals surface area contributed by atoms with Gasteiger partial charge in [-0.25, -0.2) is 0 Å². The Labute approximate surface area is 196 Å². The third-order valence-electron chi connectivity index (χ3n) is 5.86. The van der Waals surface area contributed by atoms with Gasteiger partial charge in [0.15, 0.2) is 16.6 Å². The Kier molecular flexibility index (Phi) is 6.06. The molecule has 0 amide bonds. The highest BCUT2D eigenvalue weighted by molar-refractivity contribution is 7.80. The van der Waals surface area contributed by atoms with Crippen molar-refractivity contribution in [1.29, 1.82) is 0 Å². The van der Waals surface area contributed by atoms with Crippen molar-refractivity contribution in [3.63, 3.8) is 0 Å². The van der Waals surface area contributed by atoms with Gasteiger partial charge in [0.2, 0.25) is 6.79 Å². The Balaban J connectivity index is 1.43. The van der Waals surface area contributed by atoms with Crippen LogP contribution in [0.3, 0.4) is 0 Å². The lowest BCUT2D eigenvalue weighted by atomic mass is 10.1. The minimum absolute atomic E-state index is 0.0655. The number of hydrogen-bond donors (Lipinski definition) is 2. The summed E-state index contributed by atoms with van der Waals surface area (Å²) in [6.45, 7) is 1.84. The van der Waals surface area contributed by atoms with Crippen LogP contribution in [0.4, 0.5) is 5.69 Å². The summed E-state index contributed by atoms with van der Waals surface area (Å²) in [7, 11) is 1.62. The molecule has 3 heterocycles. The molecule has 2 aliphatic heterocycles. The van der Waals surface area contributed by atoms with Gasteiger partial charge in [0, 0.05) is 30.2 Å². The normalized spacial score (nSPS) is 16.7. The Bertz CT molecular complexity index is 1240. The molecule has 2 N–H and O–H groups in total. The lowest BCUT2D eigenvalue weighted by Crippen LogP contribution is -2.40. The number of benzene rings is 2. The second-order valence-electron chi connectivity index (χ2n) is 8.06. The highest BCUT2D eigenvalue weighted by Gasteiger charge is 2.23. The van der Waals surface area contributed by atoms with Crippen molar-refractivity contribution in [2.75, 3.05) is 32.4 Å². The molecule has 8 nitrogen and oxygen atoms in total. The number of nitrogens with one attached hydrogen (secondary N) is 2. The first-order chi connectivity index (χ1) is 16.1. The second kappa shape index (κ2) is 9.29. The van der Waals surface area contributed by atoms with Crippen LogP contribution in [0.15, 0.2) is 47.3 Å². The third-order valence-corrected chi connectivity index (χ3v) is 6.22. The zero-order chi connectivity index (χ0) is 22.8. The van der Waals surface area contributed by atoms with Gasteiger partial charge in [0.25, 0.3) is 5.56 Å². The zero-order valence-electron chi connectivity index (χ0n) is 18.3. The fourth-order valence-electron chi connectivity index (χ4n) is 4.16. The molecule has 1 atom stereocenters. The number of H-pyrrole nitrogens is 1. The number of nitrogens with zero attached hydrogens (tertiary/aromatic N) is 1. The van der Waals surface area contributed by atoms with Crippen molar-refractivity contribution >= 4 is 33.9 Å². The summed E-state index contributed by atoms with van der Waals surface area (Å²) in [4.78, 5) is 17.9. The molecule has 2 aliphatic rings. The van der Waals surface area contributed by atoms with E-state index in [1.807, 2.05) is 41.3 Å². The fraction of sp³-hybridized carbons (Fsp3) is 0.333. The SMILES string of the molecule is COc1ccccc1NC(=S)N(Cc1cc2cc3c(cc2[nH]c1=O)OCO3)CC1CCCO1. The van der Waals surface area contributed by atoms with Crippen LogP contribution in [0.25, 0.3) is 10.9 Å². The van der Waals surface area contributed by atoms with E-state index < -0.39 is 0 Å². The Hall–Kier alpha value is -3.30. The molecular formula is C24H25N3O5S. The maximum Gasteiger partial charge on any atom is 0.253 e. The molecule has 0 radical (unpaired) electrons. The molecule has 1 unspecified atom stereocenters. The molecule has 0 aliphatic carbocycles. The van der Waals surface area contributed by atoms with E-state index in [0.717, 1.165) is 30.5 Å². The van der Waals surface area contributed by atoms with E-state index in [9.17, 15) is 4.79 Å². The third kappa shape index (κ3) is 4.60. The van der Waals surface area contributed by atoms with Crippen LogP contribution in [0.5, 0.6) is 17.2 Å². The molecule has 0 saturated carbocycles. The standard InChI is InChI=1S/C24H25N3O5S/c1-29-20-7-3-2-6-18(20)26-24(33)27(13-17-5-4-8-30-17)12-16-9-15-10-21-22(32-14-31-21)11-19(15)25-23(16)28/h2-3,6-7,9-11,17H,4-5,8,12-14H2,1H3,(H,25,28)(H,26,33). The minimum Gasteiger partial charge on any atom is -0.495 e. The predicted molar refractivity (Wildman–Crippen MR) is 129 cm³/mol. The average Bonchev–Trinajstić information content (AvgIpc) is 3.49. The average molecular weight is 468 g/mol. The molecule has 1 aromatic heterocycles. The van der Waals surface area contributed by atoms with Gasteiger partial charge in [-0.2, -0.15) is 0 Å². The van der Waals surface area contributed by atoms with Crippen molar-refractivity contribution < 1.29 is 18.9 Å². The molecule has 5 rings (SSSR count). The quantitative estimate of drug-likeness (QED) is 0.532. The predicted octanol–water partition coefficient (Wildman–Crippen LogP) is 3.64. The molecule has 1 fully saturated rings. The summed E-state index contributed by atoms with van der Waals surface area (Å²) < 4.78 is 22.2. The highest BCUT2D eigenvalue weighted by atomic mass is 32.1. The van der Waals surface area contributed by atoms with Gasteiger partial charge in [-0.1, -0.05) is 12.1 Å². The molecule has 9 heteroatoms. The number of rotatable bonds is 6. The Morgan fingerprint density at radius 1 is 1.24 bits per heavy atom. The van der Waals surface area contributed by atoms with E-state index >= 15 is 0 Å². The topological polar surface area (TPSA) is 85.1 Å². The van der Waals surface area contributed by atoms with Gasteiger partial charge in [0.1, 0.15) is 5.75 Å². The van der Waals surface area contributed by atoms with Crippen molar-refractivity contribution in [2.45, 2.75) is 25.5 Å². The van der Waals surface area contributed by atoms with Gasteiger partial charge in [-0.15, -0.1) is 0 Å². The number of fused-ring (bicyclic) bond motifs is 2. The van der Waals surface area contributed by atoms with Crippen LogP contribution >= 0.6 is 12.2 Å².